The predicted octanol–water partition coefficient (Wildman–Crippen LogP) is 1.91. The van der Waals surface area contributed by atoms with E-state index in [0.29, 0.717) is 16.3 Å². The van der Waals surface area contributed by atoms with Crippen LogP contribution in [0.5, 0.6) is 11.5 Å². The highest BCUT2D eigenvalue weighted by Gasteiger charge is 2.11. The molecule has 0 aliphatic rings. The van der Waals surface area contributed by atoms with Gasteiger partial charge in [-0.3, -0.25) is 0 Å². The average molecular weight is 253 g/mol. The average Bonchev–Trinajstić information content (AvgIpc) is 2.61. The van der Waals surface area contributed by atoms with Crippen molar-refractivity contribution in [3.8, 4) is 11.5 Å². The van der Waals surface area contributed by atoms with Crippen molar-refractivity contribution in [1.29, 1.82) is 0 Å². The molecule has 0 bridgehead atoms. The SMILES string of the molecule is COc1cc2[nH]c(=S)n(N(C)C)c2cc1OC. The van der Waals surface area contributed by atoms with Gasteiger partial charge in [-0.15, -0.1) is 0 Å². The van der Waals surface area contributed by atoms with E-state index in [9.17, 15) is 0 Å². The Kier molecular flexibility index (Phi) is 2.97. The molecule has 0 fully saturated rings. The number of benzene rings is 1. The summed E-state index contributed by atoms with van der Waals surface area (Å²) in [6.07, 6.45) is 0. The number of hydrogen-bond acceptors (Lipinski definition) is 4. The number of ether oxygens (including phenoxy) is 2. The third kappa shape index (κ3) is 1.84. The molecule has 2 aromatic rings. The van der Waals surface area contributed by atoms with Gasteiger partial charge in [0.1, 0.15) is 0 Å². The zero-order valence-corrected chi connectivity index (χ0v) is 11.1. The van der Waals surface area contributed by atoms with Gasteiger partial charge in [-0.05, 0) is 12.2 Å². The first-order valence-corrected chi connectivity index (χ1v) is 5.53. The van der Waals surface area contributed by atoms with Gasteiger partial charge in [-0.2, -0.15) is 0 Å². The van der Waals surface area contributed by atoms with Crippen LogP contribution in [0.2, 0.25) is 0 Å². The van der Waals surface area contributed by atoms with Crippen molar-refractivity contribution in [2.45, 2.75) is 0 Å². The van der Waals surface area contributed by atoms with Crippen LogP contribution in [0.3, 0.4) is 0 Å². The highest BCUT2D eigenvalue weighted by Crippen LogP contribution is 2.31. The van der Waals surface area contributed by atoms with Crippen molar-refractivity contribution >= 4 is 23.3 Å². The molecule has 0 unspecified atom stereocenters. The Bertz CT molecular complexity index is 601. The Labute approximate surface area is 105 Å². The van der Waals surface area contributed by atoms with Crippen LogP contribution in [0.15, 0.2) is 12.1 Å². The van der Waals surface area contributed by atoms with Crippen LogP contribution in [0.25, 0.3) is 11.0 Å². The molecule has 0 saturated carbocycles. The lowest BCUT2D eigenvalue weighted by molar-refractivity contribution is 0.355. The van der Waals surface area contributed by atoms with E-state index in [0.717, 1.165) is 11.0 Å². The fourth-order valence-electron chi connectivity index (χ4n) is 1.82. The minimum atomic E-state index is 0.639. The lowest BCUT2D eigenvalue weighted by Gasteiger charge is -2.15. The molecular weight excluding hydrogens is 238 g/mol. The van der Waals surface area contributed by atoms with Crippen LogP contribution < -0.4 is 14.5 Å². The Morgan fingerprint density at radius 2 is 1.76 bits per heavy atom. The Morgan fingerprint density at radius 1 is 1.18 bits per heavy atom. The molecular formula is C11H15N3O2S. The van der Waals surface area contributed by atoms with Crippen LogP contribution >= 0.6 is 12.2 Å². The fraction of sp³-hybridized carbons (Fsp3) is 0.364. The highest BCUT2D eigenvalue weighted by atomic mass is 32.1. The van der Waals surface area contributed by atoms with Crippen molar-refractivity contribution in [3.63, 3.8) is 0 Å². The van der Waals surface area contributed by atoms with Gasteiger partial charge in [0.05, 0.1) is 25.3 Å². The quantitative estimate of drug-likeness (QED) is 0.849. The van der Waals surface area contributed by atoms with E-state index in [2.05, 4.69) is 4.98 Å². The molecule has 0 spiro atoms. The minimum absolute atomic E-state index is 0.639. The summed E-state index contributed by atoms with van der Waals surface area (Å²) in [5, 5.41) is 1.91. The molecule has 0 atom stereocenters. The molecule has 0 aliphatic carbocycles. The number of fused-ring (bicyclic) bond motifs is 1. The topological polar surface area (TPSA) is 42.4 Å². The molecule has 92 valence electrons. The van der Waals surface area contributed by atoms with Gasteiger partial charge in [-0.25, -0.2) is 4.68 Å². The van der Waals surface area contributed by atoms with Crippen LogP contribution in [0.4, 0.5) is 0 Å². The maximum Gasteiger partial charge on any atom is 0.197 e. The second-order valence-corrected chi connectivity index (χ2v) is 4.20. The molecule has 2 rings (SSSR count). The predicted molar refractivity (Wildman–Crippen MR) is 70.3 cm³/mol. The number of imidazole rings is 1. The molecule has 0 aliphatic heterocycles. The van der Waals surface area contributed by atoms with Gasteiger partial charge in [0.25, 0.3) is 0 Å². The number of aromatic amines is 1. The Balaban J connectivity index is 2.79. The number of nitrogens with one attached hydrogen (secondary N) is 1. The molecule has 1 aromatic carbocycles. The zero-order chi connectivity index (χ0) is 12.6. The van der Waals surface area contributed by atoms with Gasteiger partial charge >= 0.3 is 0 Å². The summed E-state index contributed by atoms with van der Waals surface area (Å²) in [5.74, 6) is 1.37. The van der Waals surface area contributed by atoms with Gasteiger partial charge in [0, 0.05) is 26.2 Å². The van der Waals surface area contributed by atoms with Crippen LogP contribution in [-0.2, 0) is 0 Å². The number of hydrogen-bond donors (Lipinski definition) is 1. The van der Waals surface area contributed by atoms with Crippen molar-refractivity contribution in [2.75, 3.05) is 33.3 Å². The third-order valence-electron chi connectivity index (χ3n) is 2.56. The molecule has 6 heteroatoms. The summed E-state index contributed by atoms with van der Waals surface area (Å²) in [6, 6.07) is 3.78. The first kappa shape index (κ1) is 11.8. The van der Waals surface area contributed by atoms with E-state index >= 15 is 0 Å². The maximum absolute atomic E-state index is 5.28. The summed E-state index contributed by atoms with van der Waals surface area (Å²) in [4.78, 5) is 3.13. The molecule has 1 aromatic heterocycles. The Morgan fingerprint density at radius 3 is 2.29 bits per heavy atom. The van der Waals surface area contributed by atoms with E-state index in [4.69, 9.17) is 21.7 Å². The minimum Gasteiger partial charge on any atom is -0.493 e. The molecule has 17 heavy (non-hydrogen) atoms. The van der Waals surface area contributed by atoms with Gasteiger partial charge in [0.15, 0.2) is 16.3 Å². The largest absolute Gasteiger partial charge is 0.493 e. The summed E-state index contributed by atoms with van der Waals surface area (Å²) in [6.45, 7) is 0. The standard InChI is InChI=1S/C11H15N3O2S/c1-13(2)14-8-6-10(16-4)9(15-3)5-7(8)12-11(14)17/h5-6H,1-4H3,(H,12,17). The van der Waals surface area contributed by atoms with Crippen molar-refractivity contribution in [1.82, 2.24) is 9.66 Å². The molecule has 0 saturated heterocycles. The van der Waals surface area contributed by atoms with Gasteiger partial charge in [-0.1, -0.05) is 0 Å². The van der Waals surface area contributed by atoms with Crippen molar-refractivity contribution < 1.29 is 9.47 Å². The number of methoxy groups -OCH3 is 2. The first-order chi connectivity index (χ1) is 8.08. The van der Waals surface area contributed by atoms with E-state index < -0.39 is 0 Å². The van der Waals surface area contributed by atoms with Crippen molar-refractivity contribution in [3.05, 3.63) is 16.9 Å². The molecule has 0 amide bonds. The van der Waals surface area contributed by atoms with Crippen LogP contribution in [0, 0.1) is 4.77 Å². The zero-order valence-electron chi connectivity index (χ0n) is 10.3. The molecule has 1 heterocycles. The van der Waals surface area contributed by atoms with Crippen molar-refractivity contribution in [2.24, 2.45) is 0 Å². The number of rotatable bonds is 3. The summed E-state index contributed by atoms with van der Waals surface area (Å²) < 4.78 is 13.1. The van der Waals surface area contributed by atoms with Gasteiger partial charge in [0.2, 0.25) is 0 Å². The second-order valence-electron chi connectivity index (χ2n) is 3.81. The molecule has 0 radical (unpaired) electrons. The number of nitrogens with zero attached hydrogens (tertiary/aromatic N) is 2. The Hall–Kier alpha value is -1.69. The van der Waals surface area contributed by atoms with E-state index in [1.807, 2.05) is 35.9 Å². The van der Waals surface area contributed by atoms with E-state index in [1.165, 1.54) is 0 Å². The van der Waals surface area contributed by atoms with Gasteiger partial charge < -0.3 is 19.5 Å². The first-order valence-electron chi connectivity index (χ1n) is 5.13. The number of H-pyrrole nitrogens is 1. The van der Waals surface area contributed by atoms with E-state index in [-0.39, 0.29) is 0 Å². The fourth-order valence-corrected chi connectivity index (χ4v) is 2.19. The normalized spacial score (nSPS) is 10.6. The summed E-state index contributed by atoms with van der Waals surface area (Å²) >= 11 is 5.27. The highest BCUT2D eigenvalue weighted by molar-refractivity contribution is 7.71. The van der Waals surface area contributed by atoms with Crippen LogP contribution in [0.1, 0.15) is 0 Å². The second kappa shape index (κ2) is 4.29. The molecule has 5 nitrogen and oxygen atoms in total. The van der Waals surface area contributed by atoms with Crippen LogP contribution in [-0.4, -0.2) is 38.0 Å². The maximum atomic E-state index is 5.28. The smallest absolute Gasteiger partial charge is 0.197 e. The monoisotopic (exact) mass is 253 g/mol. The summed E-state index contributed by atoms with van der Waals surface area (Å²) in [7, 11) is 7.09. The van der Waals surface area contributed by atoms with E-state index in [1.54, 1.807) is 14.2 Å². The third-order valence-corrected chi connectivity index (χ3v) is 2.84. The lowest BCUT2D eigenvalue weighted by Crippen LogP contribution is -2.24. The lowest BCUT2D eigenvalue weighted by atomic mass is 10.2. The molecule has 1 N–H and O–H groups in total. The number of aromatic nitrogens is 2. The summed E-state index contributed by atoms with van der Waals surface area (Å²) in [5.41, 5.74) is 1.87.